The van der Waals surface area contributed by atoms with Crippen LogP contribution in [0.2, 0.25) is 5.02 Å². The highest BCUT2D eigenvalue weighted by Crippen LogP contribution is 2.37. The van der Waals surface area contributed by atoms with Crippen LogP contribution in [0.15, 0.2) is 78.0 Å². The van der Waals surface area contributed by atoms with Crippen molar-refractivity contribution in [2.45, 2.75) is 26.7 Å². The van der Waals surface area contributed by atoms with Gasteiger partial charge in [-0.3, -0.25) is 9.98 Å². The quantitative estimate of drug-likeness (QED) is 0.479. The van der Waals surface area contributed by atoms with Crippen LogP contribution >= 0.6 is 11.6 Å². The summed E-state index contributed by atoms with van der Waals surface area (Å²) in [6, 6.07) is 20.9. The highest BCUT2D eigenvalue weighted by atomic mass is 35.5. The van der Waals surface area contributed by atoms with Gasteiger partial charge in [0.25, 0.3) is 0 Å². The summed E-state index contributed by atoms with van der Waals surface area (Å²) in [5.74, 6) is 0.658. The number of halogens is 1. The normalized spacial score (nSPS) is 13.9. The van der Waals surface area contributed by atoms with Crippen LogP contribution in [0.4, 0.5) is 0 Å². The van der Waals surface area contributed by atoms with Crippen LogP contribution in [0.1, 0.15) is 42.5 Å². The van der Waals surface area contributed by atoms with E-state index < -0.39 is 0 Å². The second-order valence-electron chi connectivity index (χ2n) is 7.60. The standard InChI is InChI=1S/C25H23ClN2/c1-17(2)15-18-3-5-20(6-4-18)24-16-23(19-11-13-27-14-12-19)25(28-24)21-7-9-22(26)10-8-21/h3-14,17H,15-16H2,1-2H3. The molecule has 0 N–H and O–H groups in total. The Labute approximate surface area is 171 Å². The smallest absolute Gasteiger partial charge is 0.0747 e. The van der Waals surface area contributed by atoms with Gasteiger partial charge in [-0.05, 0) is 58.9 Å². The molecule has 2 nitrogen and oxygen atoms in total. The molecule has 0 amide bonds. The SMILES string of the molecule is CC(C)Cc1ccc(C2=NC(c3ccc(Cl)cc3)=C(c3ccncc3)C2)cc1. The van der Waals surface area contributed by atoms with Crippen molar-refractivity contribution in [3.8, 4) is 0 Å². The third-order valence-electron chi connectivity index (χ3n) is 4.95. The van der Waals surface area contributed by atoms with Crippen molar-refractivity contribution in [2.75, 3.05) is 0 Å². The lowest BCUT2D eigenvalue weighted by Crippen LogP contribution is -2.00. The highest BCUT2D eigenvalue weighted by molar-refractivity contribution is 6.30. The molecular weight excluding hydrogens is 364 g/mol. The summed E-state index contributed by atoms with van der Waals surface area (Å²) in [5.41, 5.74) is 8.15. The molecule has 0 aliphatic carbocycles. The fourth-order valence-corrected chi connectivity index (χ4v) is 3.73. The molecule has 1 aliphatic rings. The first kappa shape index (κ1) is 18.6. The van der Waals surface area contributed by atoms with Crippen molar-refractivity contribution in [3.63, 3.8) is 0 Å². The van der Waals surface area contributed by atoms with E-state index in [-0.39, 0.29) is 0 Å². The number of nitrogens with zero attached hydrogens (tertiary/aromatic N) is 2. The minimum absolute atomic E-state index is 0.658. The number of aromatic nitrogens is 1. The van der Waals surface area contributed by atoms with Gasteiger partial charge in [-0.25, -0.2) is 0 Å². The molecule has 2 heterocycles. The number of hydrogen-bond donors (Lipinski definition) is 0. The molecule has 0 bridgehead atoms. The zero-order chi connectivity index (χ0) is 19.5. The van der Waals surface area contributed by atoms with E-state index in [1.165, 1.54) is 16.7 Å². The second-order valence-corrected chi connectivity index (χ2v) is 8.04. The lowest BCUT2D eigenvalue weighted by molar-refractivity contribution is 0.647. The predicted octanol–water partition coefficient (Wildman–Crippen LogP) is 6.69. The molecule has 4 rings (SSSR count). The minimum atomic E-state index is 0.658. The number of aliphatic imine (C=N–C) groups is 1. The molecule has 0 fully saturated rings. The Kier molecular flexibility index (Phi) is 5.40. The van der Waals surface area contributed by atoms with E-state index in [0.717, 1.165) is 40.4 Å². The van der Waals surface area contributed by atoms with E-state index in [1.54, 1.807) is 0 Å². The second kappa shape index (κ2) is 8.12. The van der Waals surface area contributed by atoms with Crippen LogP contribution in [0.25, 0.3) is 11.3 Å². The number of allylic oxidation sites excluding steroid dienone is 1. The maximum atomic E-state index is 6.09. The molecule has 28 heavy (non-hydrogen) atoms. The molecule has 3 heteroatoms. The van der Waals surface area contributed by atoms with Crippen molar-refractivity contribution in [1.29, 1.82) is 0 Å². The Morgan fingerprint density at radius 1 is 0.821 bits per heavy atom. The molecule has 2 aromatic carbocycles. The molecule has 0 radical (unpaired) electrons. The lowest BCUT2D eigenvalue weighted by Gasteiger charge is -2.07. The zero-order valence-electron chi connectivity index (χ0n) is 16.2. The number of hydrogen-bond acceptors (Lipinski definition) is 2. The van der Waals surface area contributed by atoms with Gasteiger partial charge in [0.05, 0.1) is 11.4 Å². The van der Waals surface area contributed by atoms with Gasteiger partial charge in [-0.1, -0.05) is 61.8 Å². The third-order valence-corrected chi connectivity index (χ3v) is 5.21. The van der Waals surface area contributed by atoms with Gasteiger partial charge in [-0.15, -0.1) is 0 Å². The fourth-order valence-electron chi connectivity index (χ4n) is 3.60. The van der Waals surface area contributed by atoms with Gasteiger partial charge >= 0.3 is 0 Å². The topological polar surface area (TPSA) is 25.2 Å². The average molecular weight is 387 g/mol. The summed E-state index contributed by atoms with van der Waals surface area (Å²) in [7, 11) is 0. The molecule has 140 valence electrons. The third kappa shape index (κ3) is 4.07. The van der Waals surface area contributed by atoms with Gasteiger partial charge in [0.15, 0.2) is 0 Å². The Bertz CT molecular complexity index is 1010. The molecule has 0 unspecified atom stereocenters. The highest BCUT2D eigenvalue weighted by Gasteiger charge is 2.21. The van der Waals surface area contributed by atoms with Crippen LogP contribution in [-0.2, 0) is 6.42 Å². The first-order chi connectivity index (χ1) is 13.6. The number of pyridine rings is 1. The van der Waals surface area contributed by atoms with Crippen molar-refractivity contribution in [1.82, 2.24) is 4.98 Å². The Morgan fingerprint density at radius 2 is 1.46 bits per heavy atom. The zero-order valence-corrected chi connectivity index (χ0v) is 16.9. The van der Waals surface area contributed by atoms with E-state index in [9.17, 15) is 0 Å². The minimum Gasteiger partial charge on any atom is -0.265 e. The predicted molar refractivity (Wildman–Crippen MR) is 119 cm³/mol. The van der Waals surface area contributed by atoms with Crippen molar-refractivity contribution in [3.05, 3.63) is 100 Å². The Hall–Kier alpha value is -2.71. The number of rotatable bonds is 5. The molecule has 1 aromatic heterocycles. The van der Waals surface area contributed by atoms with Gasteiger partial charge < -0.3 is 0 Å². The summed E-state index contributed by atoms with van der Waals surface area (Å²) in [6.45, 7) is 4.50. The van der Waals surface area contributed by atoms with E-state index in [4.69, 9.17) is 16.6 Å². The van der Waals surface area contributed by atoms with Crippen molar-refractivity contribution in [2.24, 2.45) is 10.9 Å². The summed E-state index contributed by atoms with van der Waals surface area (Å²) in [5, 5.41) is 0.734. The largest absolute Gasteiger partial charge is 0.265 e. The molecule has 1 aliphatic heterocycles. The molecule has 0 saturated heterocycles. The summed E-state index contributed by atoms with van der Waals surface area (Å²) < 4.78 is 0. The van der Waals surface area contributed by atoms with Crippen LogP contribution in [0, 0.1) is 5.92 Å². The maximum Gasteiger partial charge on any atom is 0.0747 e. The maximum absolute atomic E-state index is 6.09. The average Bonchev–Trinajstić information content (AvgIpc) is 3.15. The van der Waals surface area contributed by atoms with E-state index >= 15 is 0 Å². The van der Waals surface area contributed by atoms with Crippen LogP contribution in [-0.4, -0.2) is 10.7 Å². The van der Waals surface area contributed by atoms with Gasteiger partial charge in [0, 0.05) is 29.4 Å². The van der Waals surface area contributed by atoms with E-state index in [0.29, 0.717) is 5.92 Å². The van der Waals surface area contributed by atoms with E-state index in [2.05, 4.69) is 55.2 Å². The monoisotopic (exact) mass is 386 g/mol. The van der Waals surface area contributed by atoms with Crippen LogP contribution < -0.4 is 0 Å². The Morgan fingerprint density at radius 3 is 2.11 bits per heavy atom. The molecular formula is C25H23ClN2. The van der Waals surface area contributed by atoms with E-state index in [1.807, 2.05) is 36.7 Å². The molecule has 3 aromatic rings. The van der Waals surface area contributed by atoms with Gasteiger partial charge in [0.1, 0.15) is 0 Å². The van der Waals surface area contributed by atoms with Crippen molar-refractivity contribution < 1.29 is 0 Å². The van der Waals surface area contributed by atoms with Crippen LogP contribution in [0.3, 0.4) is 0 Å². The first-order valence-electron chi connectivity index (χ1n) is 9.66. The molecule has 0 spiro atoms. The summed E-state index contributed by atoms with van der Waals surface area (Å²) >= 11 is 6.09. The lowest BCUT2D eigenvalue weighted by atomic mass is 9.95. The van der Waals surface area contributed by atoms with Gasteiger partial charge in [0.2, 0.25) is 0 Å². The molecule has 0 saturated carbocycles. The Balaban J connectivity index is 1.70. The summed E-state index contributed by atoms with van der Waals surface area (Å²) in [4.78, 5) is 9.20. The van der Waals surface area contributed by atoms with Crippen LogP contribution in [0.5, 0.6) is 0 Å². The van der Waals surface area contributed by atoms with Gasteiger partial charge in [-0.2, -0.15) is 0 Å². The number of benzene rings is 2. The summed E-state index contributed by atoms with van der Waals surface area (Å²) in [6.07, 6.45) is 5.58. The fraction of sp³-hybridized carbons (Fsp3) is 0.200. The molecule has 0 atom stereocenters. The first-order valence-corrected chi connectivity index (χ1v) is 10.0. The van der Waals surface area contributed by atoms with Crippen molar-refractivity contribution >= 4 is 28.6 Å².